The van der Waals surface area contributed by atoms with Crippen LogP contribution < -0.4 is 9.64 Å². The van der Waals surface area contributed by atoms with Gasteiger partial charge in [-0.3, -0.25) is 4.79 Å². The van der Waals surface area contributed by atoms with Gasteiger partial charge in [-0.15, -0.1) is 0 Å². The van der Waals surface area contributed by atoms with Crippen molar-refractivity contribution in [3.05, 3.63) is 23.8 Å². The first-order chi connectivity index (χ1) is 9.76. The summed E-state index contributed by atoms with van der Waals surface area (Å²) in [5.74, 6) is 0.527. The van der Waals surface area contributed by atoms with Gasteiger partial charge in [0.15, 0.2) is 6.29 Å². The van der Waals surface area contributed by atoms with Gasteiger partial charge in [0, 0.05) is 24.8 Å². The van der Waals surface area contributed by atoms with Crippen LogP contribution in [0.4, 0.5) is 5.69 Å². The van der Waals surface area contributed by atoms with Crippen LogP contribution in [0.2, 0.25) is 0 Å². The first-order valence-electron chi connectivity index (χ1n) is 6.47. The van der Waals surface area contributed by atoms with Gasteiger partial charge in [0.05, 0.1) is 37.2 Å². The Morgan fingerprint density at radius 3 is 2.40 bits per heavy atom. The number of hydrogen-bond acceptors (Lipinski definition) is 5. The highest BCUT2D eigenvalue weighted by molar-refractivity contribution is 5.80. The smallest absolute Gasteiger partial charge is 0.153 e. The van der Waals surface area contributed by atoms with Crippen molar-refractivity contribution >= 4 is 12.0 Å². The molecule has 0 aliphatic carbocycles. The molecule has 5 nitrogen and oxygen atoms in total. The molecule has 0 saturated heterocycles. The van der Waals surface area contributed by atoms with Gasteiger partial charge < -0.3 is 9.64 Å². The number of carbonyl (C=O) groups excluding carboxylic acids is 1. The van der Waals surface area contributed by atoms with Gasteiger partial charge in [0.25, 0.3) is 0 Å². The molecule has 0 radical (unpaired) electrons. The molecule has 0 amide bonds. The number of carbonyl (C=O) groups is 1. The topological polar surface area (TPSA) is 77.1 Å². The van der Waals surface area contributed by atoms with Crippen LogP contribution in [0.1, 0.15) is 30.1 Å². The van der Waals surface area contributed by atoms with Crippen molar-refractivity contribution in [2.24, 2.45) is 0 Å². The molecule has 1 rings (SSSR count). The number of benzene rings is 1. The zero-order chi connectivity index (χ0) is 14.8. The highest BCUT2D eigenvalue weighted by Gasteiger charge is 2.10. The minimum absolute atomic E-state index is 0.380. The van der Waals surface area contributed by atoms with E-state index >= 15 is 0 Å². The second-order valence-corrected chi connectivity index (χ2v) is 4.08. The first kappa shape index (κ1) is 15.5. The van der Waals surface area contributed by atoms with E-state index in [1.165, 1.54) is 0 Å². The van der Waals surface area contributed by atoms with Crippen LogP contribution in [0, 0.1) is 22.7 Å². The molecule has 0 aromatic heterocycles. The molecule has 20 heavy (non-hydrogen) atoms. The molecule has 0 aliphatic heterocycles. The fourth-order valence-electron chi connectivity index (χ4n) is 1.84. The standard InChI is InChI=1S/C15H17N3O2/c1-2-20-15-11-14(6-5-13(15)12-19)18(9-3-7-16)10-4-8-17/h5-6,11-12H,2-4,9-10H2,1H3. The molecule has 0 bridgehead atoms. The third-order valence-corrected chi connectivity index (χ3v) is 2.78. The van der Waals surface area contributed by atoms with E-state index in [0.717, 1.165) is 12.0 Å². The first-order valence-corrected chi connectivity index (χ1v) is 6.47. The number of nitrogens with zero attached hydrogens (tertiary/aromatic N) is 3. The second-order valence-electron chi connectivity index (χ2n) is 4.08. The van der Waals surface area contributed by atoms with Crippen LogP contribution in [-0.4, -0.2) is 26.0 Å². The van der Waals surface area contributed by atoms with Crippen LogP contribution in [0.25, 0.3) is 0 Å². The largest absolute Gasteiger partial charge is 0.493 e. The van der Waals surface area contributed by atoms with E-state index in [9.17, 15) is 4.79 Å². The van der Waals surface area contributed by atoms with Crippen molar-refractivity contribution in [2.75, 3.05) is 24.6 Å². The van der Waals surface area contributed by atoms with Gasteiger partial charge in [-0.05, 0) is 19.1 Å². The minimum Gasteiger partial charge on any atom is -0.493 e. The molecule has 1 aromatic carbocycles. The van der Waals surface area contributed by atoms with Gasteiger partial charge in [-0.2, -0.15) is 10.5 Å². The molecule has 0 spiro atoms. The lowest BCUT2D eigenvalue weighted by Gasteiger charge is -2.23. The number of anilines is 1. The van der Waals surface area contributed by atoms with Crippen molar-refractivity contribution in [3.63, 3.8) is 0 Å². The van der Waals surface area contributed by atoms with Crippen LogP contribution >= 0.6 is 0 Å². The summed E-state index contributed by atoms with van der Waals surface area (Å²) in [6.45, 7) is 3.42. The third-order valence-electron chi connectivity index (χ3n) is 2.78. The Bertz CT molecular complexity index is 511. The van der Waals surface area contributed by atoms with E-state index < -0.39 is 0 Å². The molecule has 0 saturated carbocycles. The zero-order valence-electron chi connectivity index (χ0n) is 11.5. The Labute approximate surface area is 119 Å². The summed E-state index contributed by atoms with van der Waals surface area (Å²) in [5.41, 5.74) is 1.35. The van der Waals surface area contributed by atoms with Crippen molar-refractivity contribution in [1.82, 2.24) is 0 Å². The van der Waals surface area contributed by atoms with Gasteiger partial charge in [0.1, 0.15) is 5.75 Å². The van der Waals surface area contributed by atoms with Gasteiger partial charge >= 0.3 is 0 Å². The average Bonchev–Trinajstić information content (AvgIpc) is 2.48. The number of aldehydes is 1. The van der Waals surface area contributed by atoms with Crippen LogP contribution in [-0.2, 0) is 0 Å². The Hall–Kier alpha value is -2.53. The van der Waals surface area contributed by atoms with Crippen molar-refractivity contribution in [2.45, 2.75) is 19.8 Å². The number of ether oxygens (including phenoxy) is 1. The summed E-state index contributed by atoms with van der Waals surface area (Å²) in [5, 5.41) is 17.4. The van der Waals surface area contributed by atoms with Crippen molar-refractivity contribution in [1.29, 1.82) is 10.5 Å². The quantitative estimate of drug-likeness (QED) is 0.679. The molecule has 5 heteroatoms. The lowest BCUT2D eigenvalue weighted by Crippen LogP contribution is -2.25. The molecular weight excluding hydrogens is 254 g/mol. The maximum absolute atomic E-state index is 10.9. The molecule has 1 aromatic rings. The number of hydrogen-bond donors (Lipinski definition) is 0. The second kappa shape index (κ2) is 8.55. The third kappa shape index (κ3) is 4.29. The van der Waals surface area contributed by atoms with Gasteiger partial charge in [-0.25, -0.2) is 0 Å². The summed E-state index contributed by atoms with van der Waals surface area (Å²) < 4.78 is 5.44. The van der Waals surface area contributed by atoms with Crippen LogP contribution in [0.15, 0.2) is 18.2 Å². The van der Waals surface area contributed by atoms with E-state index in [-0.39, 0.29) is 0 Å². The highest BCUT2D eigenvalue weighted by Crippen LogP contribution is 2.25. The number of nitriles is 2. The Kier molecular flexibility index (Phi) is 6.64. The SMILES string of the molecule is CCOc1cc(N(CCC#N)CCC#N)ccc1C=O. The average molecular weight is 271 g/mol. The summed E-state index contributed by atoms with van der Waals surface area (Å²) >= 11 is 0. The van der Waals surface area contributed by atoms with Gasteiger partial charge in [0.2, 0.25) is 0 Å². The molecule has 0 N–H and O–H groups in total. The predicted octanol–water partition coefficient (Wildman–Crippen LogP) is 2.53. The van der Waals surface area contributed by atoms with Crippen LogP contribution in [0.3, 0.4) is 0 Å². The lowest BCUT2D eigenvalue weighted by molar-refractivity contribution is 0.112. The maximum atomic E-state index is 10.9. The summed E-state index contributed by atoms with van der Waals surface area (Å²) in [4.78, 5) is 12.9. The monoisotopic (exact) mass is 271 g/mol. The summed E-state index contributed by atoms with van der Waals surface area (Å²) in [7, 11) is 0. The van der Waals surface area contributed by atoms with E-state index in [0.29, 0.717) is 43.9 Å². The van der Waals surface area contributed by atoms with Crippen molar-refractivity contribution in [3.8, 4) is 17.9 Å². The lowest BCUT2D eigenvalue weighted by atomic mass is 10.1. The fourth-order valence-corrected chi connectivity index (χ4v) is 1.84. The molecule has 0 aliphatic rings. The maximum Gasteiger partial charge on any atom is 0.153 e. The molecule has 0 fully saturated rings. The molecule has 0 atom stereocenters. The normalized spacial score (nSPS) is 9.35. The molecule has 104 valence electrons. The predicted molar refractivity (Wildman–Crippen MR) is 75.7 cm³/mol. The van der Waals surface area contributed by atoms with E-state index in [2.05, 4.69) is 12.1 Å². The Morgan fingerprint density at radius 1 is 1.25 bits per heavy atom. The summed E-state index contributed by atoms with van der Waals surface area (Å²) in [6.07, 6.45) is 1.51. The molecular formula is C15H17N3O2. The highest BCUT2D eigenvalue weighted by atomic mass is 16.5. The molecule has 0 heterocycles. The minimum atomic E-state index is 0.380. The van der Waals surface area contributed by atoms with E-state index in [1.807, 2.05) is 11.8 Å². The number of rotatable bonds is 8. The zero-order valence-corrected chi connectivity index (χ0v) is 11.5. The fraction of sp³-hybridized carbons (Fsp3) is 0.400. The van der Waals surface area contributed by atoms with Crippen molar-refractivity contribution < 1.29 is 9.53 Å². The van der Waals surface area contributed by atoms with Crippen LogP contribution in [0.5, 0.6) is 5.75 Å². The Balaban J connectivity index is 3.00. The summed E-state index contributed by atoms with van der Waals surface area (Å²) in [6, 6.07) is 9.47. The Morgan fingerprint density at radius 2 is 1.90 bits per heavy atom. The van der Waals surface area contributed by atoms with E-state index in [4.69, 9.17) is 15.3 Å². The van der Waals surface area contributed by atoms with Gasteiger partial charge in [-0.1, -0.05) is 0 Å². The van der Waals surface area contributed by atoms with E-state index in [1.54, 1.807) is 18.2 Å². The molecule has 0 unspecified atom stereocenters.